The van der Waals surface area contributed by atoms with Gasteiger partial charge in [0.05, 0.1) is 21.6 Å². The van der Waals surface area contributed by atoms with E-state index in [4.69, 9.17) is 11.6 Å². The van der Waals surface area contributed by atoms with E-state index in [1.54, 1.807) is 0 Å². The summed E-state index contributed by atoms with van der Waals surface area (Å²) in [5.41, 5.74) is 2.00. The molecule has 0 saturated heterocycles. The van der Waals surface area contributed by atoms with E-state index in [2.05, 4.69) is 5.32 Å². The average molecular weight is 319 g/mol. The molecule has 1 atom stereocenters. The molecule has 2 aromatic rings. The van der Waals surface area contributed by atoms with E-state index in [-0.39, 0.29) is 22.3 Å². The minimum atomic E-state index is -0.559. The van der Waals surface area contributed by atoms with Gasteiger partial charge in [-0.05, 0) is 25.5 Å². The molecule has 0 bridgehead atoms. The van der Waals surface area contributed by atoms with Gasteiger partial charge in [-0.2, -0.15) is 0 Å². The molecule has 0 heterocycles. The Morgan fingerprint density at radius 3 is 2.45 bits per heavy atom. The number of halogens is 1. The molecule has 114 valence electrons. The van der Waals surface area contributed by atoms with Crippen molar-refractivity contribution in [2.75, 3.05) is 0 Å². The van der Waals surface area contributed by atoms with Crippen LogP contribution < -0.4 is 5.32 Å². The molecule has 0 aliphatic heterocycles. The van der Waals surface area contributed by atoms with Crippen molar-refractivity contribution in [3.05, 3.63) is 74.3 Å². The Balaban J connectivity index is 2.20. The SMILES string of the molecule is Cc1ccc(C(C)NC(=O)c2cc([N+](=O)[O-])ccc2Cl)cc1. The quantitative estimate of drug-likeness (QED) is 0.682. The van der Waals surface area contributed by atoms with Crippen LogP contribution in [0.15, 0.2) is 42.5 Å². The Kier molecular flexibility index (Phi) is 4.78. The molecule has 0 radical (unpaired) electrons. The first kappa shape index (κ1) is 16.0. The smallest absolute Gasteiger partial charge is 0.270 e. The van der Waals surface area contributed by atoms with Crippen LogP contribution in [0.5, 0.6) is 0 Å². The van der Waals surface area contributed by atoms with Crippen LogP contribution in [-0.2, 0) is 0 Å². The van der Waals surface area contributed by atoms with Gasteiger partial charge < -0.3 is 5.32 Å². The lowest BCUT2D eigenvalue weighted by Gasteiger charge is -2.15. The monoisotopic (exact) mass is 318 g/mol. The summed E-state index contributed by atoms with van der Waals surface area (Å²) < 4.78 is 0. The Morgan fingerprint density at radius 2 is 1.86 bits per heavy atom. The standard InChI is InChI=1S/C16H15ClN2O3/c1-10-3-5-12(6-4-10)11(2)18-16(20)14-9-13(19(21)22)7-8-15(14)17/h3-9,11H,1-2H3,(H,18,20). The van der Waals surface area contributed by atoms with Crippen LogP contribution in [0.3, 0.4) is 0 Å². The van der Waals surface area contributed by atoms with Gasteiger partial charge in [0.1, 0.15) is 0 Å². The van der Waals surface area contributed by atoms with Gasteiger partial charge in [0, 0.05) is 12.1 Å². The fourth-order valence-corrected chi connectivity index (χ4v) is 2.22. The van der Waals surface area contributed by atoms with Crippen LogP contribution in [-0.4, -0.2) is 10.8 Å². The van der Waals surface area contributed by atoms with E-state index < -0.39 is 10.8 Å². The van der Waals surface area contributed by atoms with Crippen LogP contribution in [0.25, 0.3) is 0 Å². The fraction of sp³-hybridized carbons (Fsp3) is 0.188. The van der Waals surface area contributed by atoms with Gasteiger partial charge in [-0.1, -0.05) is 41.4 Å². The third kappa shape index (κ3) is 3.62. The summed E-state index contributed by atoms with van der Waals surface area (Å²) in [5, 5.41) is 13.8. The number of carbonyl (C=O) groups is 1. The number of nitrogens with one attached hydrogen (secondary N) is 1. The van der Waals surface area contributed by atoms with Crippen molar-refractivity contribution in [1.82, 2.24) is 5.32 Å². The number of hydrogen-bond acceptors (Lipinski definition) is 3. The van der Waals surface area contributed by atoms with Gasteiger partial charge in [0.2, 0.25) is 0 Å². The van der Waals surface area contributed by atoms with E-state index in [9.17, 15) is 14.9 Å². The zero-order chi connectivity index (χ0) is 16.3. The number of aryl methyl sites for hydroxylation is 1. The number of nitro benzene ring substituents is 1. The number of rotatable bonds is 4. The molecule has 6 heteroatoms. The maximum Gasteiger partial charge on any atom is 0.270 e. The normalized spacial score (nSPS) is 11.8. The molecule has 0 fully saturated rings. The van der Waals surface area contributed by atoms with E-state index in [1.165, 1.54) is 18.2 Å². The lowest BCUT2D eigenvalue weighted by Crippen LogP contribution is -2.27. The maximum atomic E-state index is 12.3. The summed E-state index contributed by atoms with van der Waals surface area (Å²) in [7, 11) is 0. The second-order valence-corrected chi connectivity index (χ2v) is 5.43. The Labute approximate surface area is 133 Å². The summed E-state index contributed by atoms with van der Waals surface area (Å²) >= 11 is 5.96. The van der Waals surface area contributed by atoms with Gasteiger partial charge >= 0.3 is 0 Å². The molecule has 1 unspecified atom stereocenters. The summed E-state index contributed by atoms with van der Waals surface area (Å²) in [6, 6.07) is 11.3. The molecule has 0 aliphatic rings. The number of benzene rings is 2. The molecule has 2 rings (SSSR count). The molecule has 0 aliphatic carbocycles. The molecule has 0 aromatic heterocycles. The zero-order valence-corrected chi connectivity index (χ0v) is 12.9. The van der Waals surface area contributed by atoms with Gasteiger partial charge in [-0.25, -0.2) is 0 Å². The predicted molar refractivity (Wildman–Crippen MR) is 85.2 cm³/mol. The van der Waals surface area contributed by atoms with Crippen molar-refractivity contribution in [1.29, 1.82) is 0 Å². The van der Waals surface area contributed by atoms with Crippen LogP contribution >= 0.6 is 11.6 Å². The highest BCUT2D eigenvalue weighted by Crippen LogP contribution is 2.23. The Bertz CT molecular complexity index is 714. The third-order valence-electron chi connectivity index (χ3n) is 3.33. The number of amides is 1. The van der Waals surface area contributed by atoms with Crippen molar-refractivity contribution in [3.63, 3.8) is 0 Å². The summed E-state index contributed by atoms with van der Waals surface area (Å²) in [4.78, 5) is 22.5. The van der Waals surface area contributed by atoms with Crippen molar-refractivity contribution in [3.8, 4) is 0 Å². The molecular formula is C16H15ClN2O3. The molecule has 0 spiro atoms. The largest absolute Gasteiger partial charge is 0.345 e. The molecule has 1 amide bonds. The number of non-ortho nitro benzene ring substituents is 1. The Morgan fingerprint density at radius 1 is 1.23 bits per heavy atom. The summed E-state index contributed by atoms with van der Waals surface area (Å²) in [5.74, 6) is -0.443. The van der Waals surface area contributed by atoms with Crippen molar-refractivity contribution in [2.24, 2.45) is 0 Å². The van der Waals surface area contributed by atoms with Gasteiger partial charge in [0.25, 0.3) is 11.6 Å². The molecular weight excluding hydrogens is 304 g/mol. The number of hydrogen-bond donors (Lipinski definition) is 1. The molecule has 22 heavy (non-hydrogen) atoms. The number of nitro groups is 1. The maximum absolute atomic E-state index is 12.3. The fourth-order valence-electron chi connectivity index (χ4n) is 2.01. The third-order valence-corrected chi connectivity index (χ3v) is 3.66. The highest BCUT2D eigenvalue weighted by atomic mass is 35.5. The van der Waals surface area contributed by atoms with Crippen LogP contribution in [0.1, 0.15) is 34.5 Å². The predicted octanol–water partition coefficient (Wildman–Crippen LogP) is 4.05. The number of carbonyl (C=O) groups excluding carboxylic acids is 1. The van der Waals surface area contributed by atoms with Gasteiger partial charge in [0.15, 0.2) is 0 Å². The van der Waals surface area contributed by atoms with Gasteiger partial charge in [-0.3, -0.25) is 14.9 Å². The highest BCUT2D eigenvalue weighted by molar-refractivity contribution is 6.33. The van der Waals surface area contributed by atoms with E-state index >= 15 is 0 Å². The van der Waals surface area contributed by atoms with E-state index in [1.807, 2.05) is 38.1 Å². The summed E-state index contributed by atoms with van der Waals surface area (Å²) in [6.45, 7) is 3.82. The van der Waals surface area contributed by atoms with Crippen molar-refractivity contribution >= 4 is 23.2 Å². The molecule has 1 N–H and O–H groups in total. The Hall–Kier alpha value is -2.40. The van der Waals surface area contributed by atoms with Crippen LogP contribution in [0.4, 0.5) is 5.69 Å². The second kappa shape index (κ2) is 6.58. The minimum Gasteiger partial charge on any atom is -0.345 e. The number of nitrogens with zero attached hydrogens (tertiary/aromatic N) is 1. The molecule has 2 aromatic carbocycles. The minimum absolute atomic E-state index is 0.0924. The molecule has 5 nitrogen and oxygen atoms in total. The van der Waals surface area contributed by atoms with Crippen LogP contribution in [0.2, 0.25) is 5.02 Å². The second-order valence-electron chi connectivity index (χ2n) is 5.03. The van der Waals surface area contributed by atoms with E-state index in [0.29, 0.717) is 0 Å². The van der Waals surface area contributed by atoms with Crippen molar-refractivity contribution < 1.29 is 9.72 Å². The lowest BCUT2D eigenvalue weighted by atomic mass is 10.1. The highest BCUT2D eigenvalue weighted by Gasteiger charge is 2.17. The van der Waals surface area contributed by atoms with Crippen LogP contribution in [0, 0.1) is 17.0 Å². The average Bonchev–Trinajstić information content (AvgIpc) is 2.47. The summed E-state index contributed by atoms with van der Waals surface area (Å²) in [6.07, 6.45) is 0. The zero-order valence-electron chi connectivity index (χ0n) is 12.2. The van der Waals surface area contributed by atoms with Crippen molar-refractivity contribution in [2.45, 2.75) is 19.9 Å². The van der Waals surface area contributed by atoms with E-state index in [0.717, 1.165) is 11.1 Å². The first-order chi connectivity index (χ1) is 10.4. The first-order valence-corrected chi connectivity index (χ1v) is 7.07. The lowest BCUT2D eigenvalue weighted by molar-refractivity contribution is -0.384. The molecule has 0 saturated carbocycles. The first-order valence-electron chi connectivity index (χ1n) is 6.70. The van der Waals surface area contributed by atoms with Gasteiger partial charge in [-0.15, -0.1) is 0 Å². The topological polar surface area (TPSA) is 72.2 Å².